The Hall–Kier alpha value is -1.35. The van der Waals surface area contributed by atoms with Gasteiger partial charge in [0, 0.05) is 25.8 Å². The van der Waals surface area contributed by atoms with Crippen LogP contribution in [-0.4, -0.2) is 26.2 Å². The maximum absolute atomic E-state index is 12.0. The van der Waals surface area contributed by atoms with E-state index in [1.807, 2.05) is 23.1 Å². The van der Waals surface area contributed by atoms with Gasteiger partial charge in [-0.05, 0) is 24.5 Å². The molecular weight excluding hydrogens is 202 g/mol. The zero-order chi connectivity index (χ0) is 11.4. The molecule has 16 heavy (non-hydrogen) atoms. The molecule has 0 unspecified atom stereocenters. The van der Waals surface area contributed by atoms with Crippen molar-refractivity contribution in [3.63, 3.8) is 0 Å². The fourth-order valence-corrected chi connectivity index (χ4v) is 2.11. The molecule has 0 fully saturated rings. The number of amides is 1. The molecule has 1 amide bonds. The van der Waals surface area contributed by atoms with Gasteiger partial charge in [-0.1, -0.05) is 18.2 Å². The maximum Gasteiger partial charge on any atom is 0.227 e. The molecule has 1 aliphatic rings. The summed E-state index contributed by atoms with van der Waals surface area (Å²) < 4.78 is 5.05. The normalized spacial score (nSPS) is 15.8. The molecule has 1 aromatic carbocycles. The molecule has 86 valence electrons. The summed E-state index contributed by atoms with van der Waals surface area (Å²) in [6, 6.07) is 8.14. The van der Waals surface area contributed by atoms with E-state index in [-0.39, 0.29) is 5.91 Å². The number of hydrogen-bond acceptors (Lipinski definition) is 2. The number of carbonyl (C=O) groups is 1. The standard InChI is InChI=1S/C13H17NO2/c1-16-10-9-14-12-7-3-2-5-11(12)6-4-8-13(14)15/h2-3,5,7H,4,6,8-10H2,1H3. The average Bonchev–Trinajstić information content (AvgIpc) is 2.46. The lowest BCUT2D eigenvalue weighted by Crippen LogP contribution is -2.33. The van der Waals surface area contributed by atoms with Crippen molar-refractivity contribution in [2.24, 2.45) is 0 Å². The van der Waals surface area contributed by atoms with Crippen LogP contribution in [0.3, 0.4) is 0 Å². The van der Waals surface area contributed by atoms with Crippen LogP contribution in [0, 0.1) is 0 Å². The summed E-state index contributed by atoms with van der Waals surface area (Å²) in [4.78, 5) is 13.8. The number of methoxy groups -OCH3 is 1. The Bertz CT molecular complexity index is 376. The topological polar surface area (TPSA) is 29.5 Å². The van der Waals surface area contributed by atoms with Crippen molar-refractivity contribution in [2.45, 2.75) is 19.3 Å². The van der Waals surface area contributed by atoms with E-state index in [4.69, 9.17) is 4.74 Å². The molecule has 0 radical (unpaired) electrons. The molecule has 0 saturated heterocycles. The molecular formula is C13H17NO2. The third-order valence-corrected chi connectivity index (χ3v) is 2.94. The Balaban J connectivity index is 2.28. The van der Waals surface area contributed by atoms with Crippen LogP contribution < -0.4 is 4.90 Å². The fraction of sp³-hybridized carbons (Fsp3) is 0.462. The summed E-state index contributed by atoms with van der Waals surface area (Å²) in [6.07, 6.45) is 2.57. The number of ether oxygens (including phenoxy) is 1. The molecule has 1 aromatic rings. The van der Waals surface area contributed by atoms with Crippen molar-refractivity contribution in [1.29, 1.82) is 0 Å². The van der Waals surface area contributed by atoms with Gasteiger partial charge in [-0.25, -0.2) is 0 Å². The largest absolute Gasteiger partial charge is 0.383 e. The molecule has 0 saturated carbocycles. The summed E-state index contributed by atoms with van der Waals surface area (Å²) in [7, 11) is 1.66. The van der Waals surface area contributed by atoms with E-state index in [2.05, 4.69) is 6.07 Å². The van der Waals surface area contributed by atoms with Crippen LogP contribution in [-0.2, 0) is 16.0 Å². The van der Waals surface area contributed by atoms with E-state index < -0.39 is 0 Å². The minimum atomic E-state index is 0.210. The maximum atomic E-state index is 12.0. The summed E-state index contributed by atoms with van der Waals surface area (Å²) in [6.45, 7) is 1.23. The predicted molar refractivity (Wildman–Crippen MR) is 63.6 cm³/mol. The highest BCUT2D eigenvalue weighted by molar-refractivity contribution is 5.94. The second kappa shape index (κ2) is 5.12. The van der Waals surface area contributed by atoms with Crippen LogP contribution >= 0.6 is 0 Å². The van der Waals surface area contributed by atoms with Crippen LogP contribution in [0.1, 0.15) is 18.4 Å². The van der Waals surface area contributed by atoms with E-state index in [1.54, 1.807) is 7.11 Å². The second-order valence-corrected chi connectivity index (χ2v) is 4.02. The number of fused-ring (bicyclic) bond motifs is 1. The molecule has 3 heteroatoms. The number of rotatable bonds is 3. The molecule has 0 atom stereocenters. The first kappa shape index (κ1) is 11.1. The monoisotopic (exact) mass is 219 g/mol. The molecule has 2 rings (SSSR count). The quantitative estimate of drug-likeness (QED) is 0.778. The van der Waals surface area contributed by atoms with Gasteiger partial charge in [0.15, 0.2) is 0 Å². The Labute approximate surface area is 96.0 Å². The van der Waals surface area contributed by atoms with Gasteiger partial charge in [-0.3, -0.25) is 4.79 Å². The highest BCUT2D eigenvalue weighted by Gasteiger charge is 2.20. The summed E-state index contributed by atoms with van der Waals surface area (Å²) >= 11 is 0. The summed E-state index contributed by atoms with van der Waals surface area (Å²) in [5.41, 5.74) is 2.33. The first-order chi connectivity index (χ1) is 7.83. The number of carbonyl (C=O) groups excluding carboxylic acids is 1. The van der Waals surface area contributed by atoms with Crippen molar-refractivity contribution < 1.29 is 9.53 Å². The lowest BCUT2D eigenvalue weighted by atomic mass is 10.1. The minimum absolute atomic E-state index is 0.210. The van der Waals surface area contributed by atoms with Crippen LogP contribution in [0.5, 0.6) is 0 Å². The van der Waals surface area contributed by atoms with Crippen LogP contribution in [0.25, 0.3) is 0 Å². The van der Waals surface area contributed by atoms with Crippen molar-refractivity contribution in [1.82, 2.24) is 0 Å². The number of benzene rings is 1. The van der Waals surface area contributed by atoms with Crippen molar-refractivity contribution in [2.75, 3.05) is 25.2 Å². The molecule has 1 aliphatic heterocycles. The fourth-order valence-electron chi connectivity index (χ4n) is 2.11. The van der Waals surface area contributed by atoms with Crippen LogP contribution in [0.4, 0.5) is 5.69 Å². The Morgan fingerprint density at radius 2 is 2.12 bits per heavy atom. The van der Waals surface area contributed by atoms with E-state index in [0.717, 1.165) is 18.5 Å². The summed E-state index contributed by atoms with van der Waals surface area (Å²) in [5.74, 6) is 0.210. The molecule has 0 aromatic heterocycles. The van der Waals surface area contributed by atoms with Gasteiger partial charge in [0.1, 0.15) is 0 Å². The number of anilines is 1. The van der Waals surface area contributed by atoms with Gasteiger partial charge >= 0.3 is 0 Å². The molecule has 0 aliphatic carbocycles. The first-order valence-electron chi connectivity index (χ1n) is 5.70. The van der Waals surface area contributed by atoms with E-state index in [0.29, 0.717) is 19.6 Å². The minimum Gasteiger partial charge on any atom is -0.383 e. The second-order valence-electron chi connectivity index (χ2n) is 4.02. The van der Waals surface area contributed by atoms with E-state index >= 15 is 0 Å². The van der Waals surface area contributed by atoms with E-state index in [1.165, 1.54) is 5.56 Å². The molecule has 1 heterocycles. The number of hydrogen-bond donors (Lipinski definition) is 0. The van der Waals surface area contributed by atoms with Gasteiger partial charge in [-0.2, -0.15) is 0 Å². The van der Waals surface area contributed by atoms with Gasteiger partial charge < -0.3 is 9.64 Å². The highest BCUT2D eigenvalue weighted by atomic mass is 16.5. The summed E-state index contributed by atoms with van der Waals surface area (Å²) in [5, 5.41) is 0. The van der Waals surface area contributed by atoms with Crippen molar-refractivity contribution >= 4 is 11.6 Å². The Morgan fingerprint density at radius 3 is 2.94 bits per heavy atom. The van der Waals surface area contributed by atoms with Crippen molar-refractivity contribution in [3.05, 3.63) is 29.8 Å². The molecule has 3 nitrogen and oxygen atoms in total. The van der Waals surface area contributed by atoms with Crippen LogP contribution in [0.2, 0.25) is 0 Å². The lowest BCUT2D eigenvalue weighted by Gasteiger charge is -2.22. The number of para-hydroxylation sites is 1. The predicted octanol–water partition coefficient (Wildman–Crippen LogP) is 2.00. The smallest absolute Gasteiger partial charge is 0.227 e. The third-order valence-electron chi connectivity index (χ3n) is 2.94. The van der Waals surface area contributed by atoms with Crippen LogP contribution in [0.15, 0.2) is 24.3 Å². The Kier molecular flexibility index (Phi) is 3.57. The van der Waals surface area contributed by atoms with E-state index in [9.17, 15) is 4.79 Å². The molecule has 0 bridgehead atoms. The lowest BCUT2D eigenvalue weighted by molar-refractivity contribution is -0.118. The zero-order valence-corrected chi connectivity index (χ0v) is 9.61. The highest BCUT2D eigenvalue weighted by Crippen LogP contribution is 2.26. The Morgan fingerprint density at radius 1 is 1.31 bits per heavy atom. The SMILES string of the molecule is COCCN1C(=O)CCCc2ccccc21. The zero-order valence-electron chi connectivity index (χ0n) is 9.61. The van der Waals surface area contributed by atoms with Gasteiger partial charge in [0.2, 0.25) is 5.91 Å². The number of nitrogens with zero attached hydrogens (tertiary/aromatic N) is 1. The molecule has 0 N–H and O–H groups in total. The van der Waals surface area contributed by atoms with Gasteiger partial charge in [0.05, 0.1) is 6.61 Å². The van der Waals surface area contributed by atoms with Crippen molar-refractivity contribution in [3.8, 4) is 0 Å². The third kappa shape index (κ3) is 2.25. The first-order valence-corrected chi connectivity index (χ1v) is 5.70. The molecule has 0 spiro atoms. The number of aryl methyl sites for hydroxylation is 1. The average molecular weight is 219 g/mol. The van der Waals surface area contributed by atoms with Gasteiger partial charge in [-0.15, -0.1) is 0 Å². The van der Waals surface area contributed by atoms with Gasteiger partial charge in [0.25, 0.3) is 0 Å².